The van der Waals surface area contributed by atoms with Crippen molar-refractivity contribution in [2.75, 3.05) is 0 Å². The molecule has 0 aliphatic rings. The van der Waals surface area contributed by atoms with Crippen molar-refractivity contribution in [1.82, 2.24) is 14.8 Å². The molecule has 6 heteroatoms. The zero-order valence-corrected chi connectivity index (χ0v) is 12.4. The molecule has 0 spiro atoms. The van der Waals surface area contributed by atoms with Gasteiger partial charge in [0.05, 0.1) is 5.69 Å². The van der Waals surface area contributed by atoms with Gasteiger partial charge in [0, 0.05) is 10.0 Å². The van der Waals surface area contributed by atoms with Crippen LogP contribution in [0.5, 0.6) is 0 Å². The molecule has 2 aromatic carbocycles. The Balaban J connectivity index is 2.03. The van der Waals surface area contributed by atoms with Crippen LogP contribution in [0.15, 0.2) is 63.9 Å². The Morgan fingerprint density at radius 2 is 1.86 bits per heavy atom. The lowest BCUT2D eigenvalue weighted by Gasteiger charge is -1.99. The first-order chi connectivity index (χ1) is 10.1. The van der Waals surface area contributed by atoms with E-state index in [1.807, 2.05) is 12.1 Å². The molecule has 0 atom stereocenters. The maximum absolute atomic E-state index is 12.3. The quantitative estimate of drug-likeness (QED) is 0.743. The Morgan fingerprint density at radius 1 is 1.10 bits per heavy atom. The van der Waals surface area contributed by atoms with Crippen LogP contribution in [0.3, 0.4) is 0 Å². The highest BCUT2D eigenvalue weighted by atomic mass is 79.9. The molecular weight excluding hydrogens is 334 g/mol. The van der Waals surface area contributed by atoms with E-state index >= 15 is 0 Å². The van der Waals surface area contributed by atoms with E-state index in [1.54, 1.807) is 42.5 Å². The van der Waals surface area contributed by atoms with Crippen molar-refractivity contribution in [3.8, 4) is 5.69 Å². The monoisotopic (exact) mass is 343 g/mol. The molecule has 1 N–H and O–H groups in total. The summed E-state index contributed by atoms with van der Waals surface area (Å²) >= 11 is 3.34. The van der Waals surface area contributed by atoms with E-state index in [0.717, 1.165) is 4.47 Å². The van der Waals surface area contributed by atoms with Gasteiger partial charge in [0.2, 0.25) is 11.6 Å². The zero-order chi connectivity index (χ0) is 14.8. The van der Waals surface area contributed by atoms with Gasteiger partial charge in [-0.2, -0.15) is 4.68 Å². The number of nitrogens with one attached hydrogen (secondary N) is 1. The summed E-state index contributed by atoms with van der Waals surface area (Å²) in [5.41, 5.74) is 0.609. The average molecular weight is 344 g/mol. The molecule has 0 saturated carbocycles. The molecule has 21 heavy (non-hydrogen) atoms. The Kier molecular flexibility index (Phi) is 3.53. The van der Waals surface area contributed by atoms with Crippen molar-refractivity contribution in [3.63, 3.8) is 0 Å². The maximum Gasteiger partial charge on any atom is 0.348 e. The minimum absolute atomic E-state index is 0.0196. The third kappa shape index (κ3) is 2.71. The summed E-state index contributed by atoms with van der Waals surface area (Å²) in [5, 5.41) is 4.08. The number of nitrogens with zero attached hydrogens (tertiary/aromatic N) is 2. The summed E-state index contributed by atoms with van der Waals surface area (Å²) in [7, 11) is 0. The Morgan fingerprint density at radius 3 is 2.57 bits per heavy atom. The van der Waals surface area contributed by atoms with Crippen LogP contribution in [0.2, 0.25) is 0 Å². The standard InChI is InChI=1S/C15H10BrN3O2/c16-11-7-4-8-12(9-11)19-15(21)17-14(18-19)13(20)10-5-2-1-3-6-10/h1-9H,(H,17,18,21). The third-order valence-corrected chi connectivity index (χ3v) is 3.41. The lowest BCUT2D eigenvalue weighted by molar-refractivity contribution is 0.102. The lowest BCUT2D eigenvalue weighted by Crippen LogP contribution is -2.15. The first kappa shape index (κ1) is 13.5. The van der Waals surface area contributed by atoms with E-state index in [9.17, 15) is 9.59 Å². The van der Waals surface area contributed by atoms with Crippen LogP contribution in [-0.4, -0.2) is 20.5 Å². The number of hydrogen-bond acceptors (Lipinski definition) is 3. The molecule has 0 fully saturated rings. The van der Waals surface area contributed by atoms with Gasteiger partial charge in [-0.15, -0.1) is 5.10 Å². The van der Waals surface area contributed by atoms with Crippen molar-refractivity contribution < 1.29 is 4.79 Å². The van der Waals surface area contributed by atoms with Crippen molar-refractivity contribution >= 4 is 21.7 Å². The summed E-state index contributed by atoms with van der Waals surface area (Å²) in [6.45, 7) is 0. The van der Waals surface area contributed by atoms with Crippen LogP contribution in [0, 0.1) is 0 Å². The molecular formula is C15H10BrN3O2. The predicted octanol–water partition coefficient (Wildman–Crippen LogP) is 2.55. The van der Waals surface area contributed by atoms with E-state index in [2.05, 4.69) is 26.0 Å². The molecule has 0 amide bonds. The predicted molar refractivity (Wildman–Crippen MR) is 81.8 cm³/mol. The first-order valence-corrected chi connectivity index (χ1v) is 6.99. The lowest BCUT2D eigenvalue weighted by atomic mass is 10.1. The molecule has 0 saturated heterocycles. The molecule has 1 aromatic heterocycles. The minimum atomic E-state index is -0.451. The second kappa shape index (κ2) is 5.49. The van der Waals surface area contributed by atoms with Crippen LogP contribution >= 0.6 is 15.9 Å². The van der Waals surface area contributed by atoms with Gasteiger partial charge >= 0.3 is 5.69 Å². The molecule has 0 aliphatic carbocycles. The first-order valence-electron chi connectivity index (χ1n) is 6.20. The van der Waals surface area contributed by atoms with Crippen molar-refractivity contribution in [2.45, 2.75) is 0 Å². The smallest absolute Gasteiger partial charge is 0.286 e. The van der Waals surface area contributed by atoms with Gasteiger partial charge in [-0.1, -0.05) is 52.3 Å². The molecule has 104 valence electrons. The normalized spacial score (nSPS) is 10.5. The Labute approximate surface area is 128 Å². The molecule has 3 rings (SSSR count). The molecule has 0 bridgehead atoms. The van der Waals surface area contributed by atoms with Gasteiger partial charge in [0.25, 0.3) is 0 Å². The molecule has 0 unspecified atom stereocenters. The number of ketones is 1. The highest BCUT2D eigenvalue weighted by Gasteiger charge is 2.15. The Hall–Kier alpha value is -2.47. The topological polar surface area (TPSA) is 67.8 Å². The van der Waals surface area contributed by atoms with Gasteiger partial charge in [-0.3, -0.25) is 9.78 Å². The van der Waals surface area contributed by atoms with Crippen molar-refractivity contribution in [1.29, 1.82) is 0 Å². The van der Waals surface area contributed by atoms with Crippen LogP contribution in [0.1, 0.15) is 16.2 Å². The third-order valence-electron chi connectivity index (χ3n) is 2.92. The number of hydrogen-bond donors (Lipinski definition) is 1. The highest BCUT2D eigenvalue weighted by Crippen LogP contribution is 2.13. The van der Waals surface area contributed by atoms with Crippen molar-refractivity contribution in [2.24, 2.45) is 0 Å². The molecule has 0 aliphatic heterocycles. The molecule has 1 heterocycles. The van der Waals surface area contributed by atoms with Crippen molar-refractivity contribution in [3.05, 3.63) is 80.9 Å². The summed E-state index contributed by atoms with van der Waals surface area (Å²) in [6, 6.07) is 15.8. The van der Waals surface area contributed by atoms with Crippen LogP contribution in [0.25, 0.3) is 5.69 Å². The molecule has 5 nitrogen and oxygen atoms in total. The van der Waals surface area contributed by atoms with Gasteiger partial charge < -0.3 is 0 Å². The van der Waals surface area contributed by atoms with Gasteiger partial charge in [0.15, 0.2) is 0 Å². The zero-order valence-electron chi connectivity index (χ0n) is 10.8. The molecule has 3 aromatic rings. The van der Waals surface area contributed by atoms with Gasteiger partial charge in [-0.25, -0.2) is 4.79 Å². The maximum atomic E-state index is 12.3. The summed E-state index contributed by atoms with van der Waals surface area (Å²) in [5.74, 6) is -0.298. The summed E-state index contributed by atoms with van der Waals surface area (Å²) < 4.78 is 1.99. The van der Waals surface area contributed by atoms with E-state index in [0.29, 0.717) is 11.3 Å². The van der Waals surface area contributed by atoms with Crippen LogP contribution in [0.4, 0.5) is 0 Å². The minimum Gasteiger partial charge on any atom is -0.286 e. The average Bonchev–Trinajstić information content (AvgIpc) is 2.89. The number of aromatic nitrogens is 3. The second-order valence-corrected chi connectivity index (χ2v) is 5.28. The fourth-order valence-electron chi connectivity index (χ4n) is 1.94. The number of carbonyl (C=O) groups excluding carboxylic acids is 1. The number of H-pyrrole nitrogens is 1. The number of carbonyl (C=O) groups is 1. The Bertz CT molecular complexity index is 853. The van der Waals surface area contributed by atoms with Gasteiger partial charge in [-0.05, 0) is 18.2 Å². The fourth-order valence-corrected chi connectivity index (χ4v) is 2.32. The second-order valence-electron chi connectivity index (χ2n) is 4.37. The van der Waals surface area contributed by atoms with E-state index in [4.69, 9.17) is 0 Å². The van der Waals surface area contributed by atoms with E-state index in [-0.39, 0.29) is 11.6 Å². The number of rotatable bonds is 3. The number of aromatic amines is 1. The molecule has 0 radical (unpaired) electrons. The largest absolute Gasteiger partial charge is 0.348 e. The summed E-state index contributed by atoms with van der Waals surface area (Å²) in [6.07, 6.45) is 0. The van der Waals surface area contributed by atoms with E-state index in [1.165, 1.54) is 4.68 Å². The van der Waals surface area contributed by atoms with E-state index < -0.39 is 5.69 Å². The number of halogens is 1. The fraction of sp³-hybridized carbons (Fsp3) is 0. The highest BCUT2D eigenvalue weighted by molar-refractivity contribution is 9.10. The number of benzene rings is 2. The van der Waals surface area contributed by atoms with Crippen LogP contribution < -0.4 is 5.69 Å². The SMILES string of the molecule is O=C(c1ccccc1)c1nn(-c2cccc(Br)c2)c(=O)[nH]1. The summed E-state index contributed by atoms with van der Waals surface area (Å²) in [4.78, 5) is 26.7. The van der Waals surface area contributed by atoms with Crippen LogP contribution in [-0.2, 0) is 0 Å². The van der Waals surface area contributed by atoms with Gasteiger partial charge in [0.1, 0.15) is 0 Å².